The number of methoxy groups -OCH3 is 1. The van der Waals surface area contributed by atoms with E-state index in [0.717, 1.165) is 0 Å². The van der Waals surface area contributed by atoms with E-state index in [0.29, 0.717) is 16.9 Å². The number of aliphatic hydroxyl groups is 1. The first-order valence-electron chi connectivity index (χ1n) is 6.55. The summed E-state index contributed by atoms with van der Waals surface area (Å²) in [6.07, 6.45) is 0. The van der Waals surface area contributed by atoms with E-state index in [9.17, 15) is 5.26 Å². The SMILES string of the molecule is [C-]#[N+]c1c(Cl)nc(OC)c(C#N)c1-c1ccc(OCCO)cc1. The summed E-state index contributed by atoms with van der Waals surface area (Å²) in [6, 6.07) is 8.78. The molecule has 0 aliphatic rings. The van der Waals surface area contributed by atoms with Crippen molar-refractivity contribution in [2.24, 2.45) is 0 Å². The zero-order valence-electron chi connectivity index (χ0n) is 12.2. The number of hydrogen-bond acceptors (Lipinski definition) is 5. The van der Waals surface area contributed by atoms with Crippen LogP contribution >= 0.6 is 11.6 Å². The fraction of sp³-hybridized carbons (Fsp3) is 0.188. The van der Waals surface area contributed by atoms with Crippen LogP contribution in [-0.4, -0.2) is 30.4 Å². The van der Waals surface area contributed by atoms with Crippen LogP contribution in [0.15, 0.2) is 24.3 Å². The summed E-state index contributed by atoms with van der Waals surface area (Å²) < 4.78 is 10.4. The topological polar surface area (TPSA) is 79.7 Å². The quantitative estimate of drug-likeness (QED) is 0.673. The number of benzene rings is 1. The number of nitrogens with zero attached hydrogens (tertiary/aromatic N) is 3. The molecule has 0 saturated carbocycles. The van der Waals surface area contributed by atoms with Crippen LogP contribution in [0, 0.1) is 17.9 Å². The van der Waals surface area contributed by atoms with Gasteiger partial charge in [0, 0.05) is 5.56 Å². The molecule has 7 heteroatoms. The Labute approximate surface area is 138 Å². The van der Waals surface area contributed by atoms with Gasteiger partial charge in [-0.3, -0.25) is 0 Å². The zero-order valence-corrected chi connectivity index (χ0v) is 13.0. The van der Waals surface area contributed by atoms with Gasteiger partial charge in [-0.25, -0.2) is 9.83 Å². The summed E-state index contributed by atoms with van der Waals surface area (Å²) in [5.74, 6) is 0.637. The monoisotopic (exact) mass is 329 g/mol. The summed E-state index contributed by atoms with van der Waals surface area (Å²) in [5.41, 5.74) is 1.22. The molecule has 0 amide bonds. The Morgan fingerprint density at radius 2 is 2.09 bits per heavy atom. The van der Waals surface area contributed by atoms with Gasteiger partial charge in [-0.1, -0.05) is 23.7 Å². The van der Waals surface area contributed by atoms with E-state index < -0.39 is 0 Å². The lowest BCUT2D eigenvalue weighted by Gasteiger charge is -2.12. The molecule has 0 unspecified atom stereocenters. The maximum Gasteiger partial charge on any atom is 0.232 e. The molecule has 23 heavy (non-hydrogen) atoms. The van der Waals surface area contributed by atoms with Crippen molar-refractivity contribution >= 4 is 17.3 Å². The average molecular weight is 330 g/mol. The lowest BCUT2D eigenvalue weighted by molar-refractivity contribution is 0.201. The van der Waals surface area contributed by atoms with Gasteiger partial charge in [-0.15, -0.1) is 0 Å². The van der Waals surface area contributed by atoms with Gasteiger partial charge < -0.3 is 14.6 Å². The molecule has 0 spiro atoms. The summed E-state index contributed by atoms with van der Waals surface area (Å²) in [5, 5.41) is 18.1. The molecule has 0 atom stereocenters. The van der Waals surface area contributed by atoms with Crippen molar-refractivity contribution in [3.8, 4) is 28.8 Å². The van der Waals surface area contributed by atoms with E-state index in [1.54, 1.807) is 24.3 Å². The molecular weight excluding hydrogens is 318 g/mol. The Morgan fingerprint density at radius 1 is 1.39 bits per heavy atom. The molecule has 0 aliphatic heterocycles. The summed E-state index contributed by atoms with van der Waals surface area (Å²) in [4.78, 5) is 7.32. The third-order valence-corrected chi connectivity index (χ3v) is 3.28. The third-order valence-electron chi connectivity index (χ3n) is 3.02. The summed E-state index contributed by atoms with van der Waals surface area (Å²) in [7, 11) is 1.38. The van der Waals surface area contributed by atoms with E-state index in [1.165, 1.54) is 7.11 Å². The molecule has 116 valence electrons. The van der Waals surface area contributed by atoms with Gasteiger partial charge in [0.1, 0.15) is 29.1 Å². The average Bonchev–Trinajstić information content (AvgIpc) is 2.59. The van der Waals surface area contributed by atoms with Crippen LogP contribution in [-0.2, 0) is 0 Å². The molecular formula is C16H12ClN3O3. The van der Waals surface area contributed by atoms with Crippen LogP contribution in [0.25, 0.3) is 16.0 Å². The van der Waals surface area contributed by atoms with Gasteiger partial charge in [-0.2, -0.15) is 5.26 Å². The highest BCUT2D eigenvalue weighted by Crippen LogP contribution is 2.41. The summed E-state index contributed by atoms with van der Waals surface area (Å²) >= 11 is 6.03. The number of ether oxygens (including phenoxy) is 2. The lowest BCUT2D eigenvalue weighted by Crippen LogP contribution is -2.01. The van der Waals surface area contributed by atoms with Crippen LogP contribution in [0.1, 0.15) is 5.56 Å². The number of nitriles is 1. The Kier molecular flexibility index (Phi) is 5.37. The van der Waals surface area contributed by atoms with Crippen LogP contribution < -0.4 is 9.47 Å². The minimum atomic E-state index is -0.0840. The first kappa shape index (κ1) is 16.6. The molecule has 2 rings (SSSR count). The van der Waals surface area contributed by atoms with E-state index in [-0.39, 0.29) is 35.5 Å². The Hall–Kier alpha value is -2.80. The maximum absolute atomic E-state index is 9.40. The van der Waals surface area contributed by atoms with Crippen molar-refractivity contribution in [3.63, 3.8) is 0 Å². The van der Waals surface area contributed by atoms with Crippen molar-refractivity contribution in [2.75, 3.05) is 20.3 Å². The molecule has 1 N–H and O–H groups in total. The van der Waals surface area contributed by atoms with Gasteiger partial charge in [0.05, 0.1) is 20.3 Å². The highest BCUT2D eigenvalue weighted by molar-refractivity contribution is 6.33. The largest absolute Gasteiger partial charge is 0.491 e. The van der Waals surface area contributed by atoms with Crippen LogP contribution in [0.4, 0.5) is 5.69 Å². The molecule has 1 heterocycles. The van der Waals surface area contributed by atoms with Crippen molar-refractivity contribution in [3.05, 3.63) is 46.4 Å². The second-order valence-corrected chi connectivity index (χ2v) is 4.69. The predicted octanol–water partition coefficient (Wildman–Crippen LogP) is 3.20. The van der Waals surface area contributed by atoms with E-state index in [4.69, 9.17) is 32.8 Å². The van der Waals surface area contributed by atoms with Gasteiger partial charge in [0.15, 0.2) is 0 Å². The van der Waals surface area contributed by atoms with Crippen LogP contribution in [0.2, 0.25) is 5.15 Å². The van der Waals surface area contributed by atoms with Crippen molar-refractivity contribution < 1.29 is 14.6 Å². The fourth-order valence-electron chi connectivity index (χ4n) is 2.04. The standard InChI is InChI=1S/C16H12ClN3O3/c1-19-14-13(12(9-18)16(22-2)20-15(14)17)10-3-5-11(6-4-10)23-8-7-21/h3-6,21H,7-8H2,2H3. The first-order chi connectivity index (χ1) is 11.2. The van der Waals surface area contributed by atoms with Crippen LogP contribution in [0.3, 0.4) is 0 Å². The molecule has 0 saturated heterocycles. The van der Waals surface area contributed by atoms with Gasteiger partial charge >= 0.3 is 0 Å². The minimum Gasteiger partial charge on any atom is -0.491 e. The number of rotatable bonds is 5. The number of hydrogen-bond donors (Lipinski definition) is 1. The minimum absolute atomic E-state index is 0.0218. The van der Waals surface area contributed by atoms with Crippen molar-refractivity contribution in [1.29, 1.82) is 5.26 Å². The number of halogens is 1. The number of pyridine rings is 1. The Bertz CT molecular complexity index is 792. The van der Waals surface area contributed by atoms with Gasteiger partial charge in [0.2, 0.25) is 11.6 Å². The molecule has 0 aliphatic carbocycles. The highest BCUT2D eigenvalue weighted by atomic mass is 35.5. The van der Waals surface area contributed by atoms with Crippen LogP contribution in [0.5, 0.6) is 11.6 Å². The second kappa shape index (κ2) is 7.46. The van der Waals surface area contributed by atoms with E-state index in [1.807, 2.05) is 6.07 Å². The highest BCUT2D eigenvalue weighted by Gasteiger charge is 2.21. The number of aromatic nitrogens is 1. The predicted molar refractivity (Wildman–Crippen MR) is 84.8 cm³/mol. The number of aliphatic hydroxyl groups excluding tert-OH is 1. The zero-order chi connectivity index (χ0) is 16.8. The normalized spacial score (nSPS) is 9.78. The molecule has 1 aromatic heterocycles. The molecule has 1 aromatic carbocycles. The smallest absolute Gasteiger partial charge is 0.232 e. The van der Waals surface area contributed by atoms with Crippen molar-refractivity contribution in [1.82, 2.24) is 4.98 Å². The maximum atomic E-state index is 9.40. The summed E-state index contributed by atoms with van der Waals surface area (Å²) in [6.45, 7) is 7.41. The third kappa shape index (κ3) is 3.35. The molecule has 0 bridgehead atoms. The lowest BCUT2D eigenvalue weighted by atomic mass is 10.00. The molecule has 0 radical (unpaired) electrons. The Balaban J connectivity index is 2.60. The van der Waals surface area contributed by atoms with E-state index in [2.05, 4.69) is 9.83 Å². The Morgan fingerprint density at radius 3 is 2.61 bits per heavy atom. The molecule has 0 fully saturated rings. The van der Waals surface area contributed by atoms with Gasteiger partial charge in [-0.05, 0) is 17.7 Å². The van der Waals surface area contributed by atoms with E-state index >= 15 is 0 Å². The molecule has 6 nitrogen and oxygen atoms in total. The first-order valence-corrected chi connectivity index (χ1v) is 6.93. The molecule has 2 aromatic rings. The van der Waals surface area contributed by atoms with Gasteiger partial charge in [0.25, 0.3) is 0 Å². The van der Waals surface area contributed by atoms with Crippen molar-refractivity contribution in [2.45, 2.75) is 0 Å². The second-order valence-electron chi connectivity index (χ2n) is 4.33. The fourth-order valence-corrected chi connectivity index (χ4v) is 2.26.